The summed E-state index contributed by atoms with van der Waals surface area (Å²) in [7, 11) is 0. The number of aromatic nitrogens is 2. The second kappa shape index (κ2) is 8.24. The maximum atomic E-state index is 13.3. The third-order valence-corrected chi connectivity index (χ3v) is 5.65. The van der Waals surface area contributed by atoms with E-state index in [0.29, 0.717) is 24.5 Å². The molecule has 3 heterocycles. The lowest BCUT2D eigenvalue weighted by molar-refractivity contribution is -0.137. The van der Waals surface area contributed by atoms with Crippen LogP contribution in [-0.2, 0) is 10.9 Å². The van der Waals surface area contributed by atoms with Crippen molar-refractivity contribution in [1.29, 1.82) is 0 Å². The van der Waals surface area contributed by atoms with E-state index in [0.717, 1.165) is 52.9 Å². The van der Waals surface area contributed by atoms with Gasteiger partial charge in [0.05, 0.1) is 30.0 Å². The number of hydrogen-bond donors (Lipinski definition) is 0. The lowest BCUT2D eigenvalue weighted by atomic mass is 9.96. The molecule has 0 spiro atoms. The molecule has 162 valence electrons. The molecule has 0 radical (unpaired) electrons. The Kier molecular flexibility index (Phi) is 5.27. The van der Waals surface area contributed by atoms with Gasteiger partial charge in [0.2, 0.25) is 0 Å². The van der Waals surface area contributed by atoms with E-state index in [-0.39, 0.29) is 0 Å². The number of alkyl halides is 3. The summed E-state index contributed by atoms with van der Waals surface area (Å²) in [5.74, 6) is 0. The summed E-state index contributed by atoms with van der Waals surface area (Å²) in [5, 5.41) is 0.991. The second-order valence-electron chi connectivity index (χ2n) is 7.64. The van der Waals surface area contributed by atoms with Gasteiger partial charge in [0.15, 0.2) is 0 Å². The normalized spacial score (nSPS) is 14.7. The summed E-state index contributed by atoms with van der Waals surface area (Å²) in [6.07, 6.45) is -1.02. The van der Waals surface area contributed by atoms with Gasteiger partial charge in [0.25, 0.3) is 0 Å². The molecular formula is C25H20F3N3O. The zero-order valence-electron chi connectivity index (χ0n) is 17.1. The molecule has 2 aromatic carbocycles. The van der Waals surface area contributed by atoms with Crippen molar-refractivity contribution in [2.45, 2.75) is 6.18 Å². The summed E-state index contributed by atoms with van der Waals surface area (Å²) >= 11 is 0. The highest BCUT2D eigenvalue weighted by Crippen LogP contribution is 2.37. The number of morpholine rings is 1. The number of anilines is 1. The van der Waals surface area contributed by atoms with Crippen LogP contribution in [-0.4, -0.2) is 36.3 Å². The monoisotopic (exact) mass is 435 g/mol. The standard InChI is InChI=1S/C25H20F3N3O/c26-25(27,28)19-4-1-3-18(15-19)24-20(5-2-9-30-24)17-6-7-22-21(16-17)23(8-10-29-22)31-11-13-32-14-12-31/h1-10,15-16H,11-14H2. The molecule has 0 N–H and O–H groups in total. The van der Waals surface area contributed by atoms with Crippen molar-refractivity contribution >= 4 is 16.6 Å². The zero-order chi connectivity index (χ0) is 22.1. The van der Waals surface area contributed by atoms with E-state index in [1.165, 1.54) is 6.07 Å². The van der Waals surface area contributed by atoms with Crippen LogP contribution in [0.25, 0.3) is 33.3 Å². The van der Waals surface area contributed by atoms with E-state index in [1.807, 2.05) is 30.3 Å². The highest BCUT2D eigenvalue weighted by molar-refractivity contribution is 5.96. The summed E-state index contributed by atoms with van der Waals surface area (Å²) in [4.78, 5) is 11.2. The molecule has 0 bridgehead atoms. The van der Waals surface area contributed by atoms with Crippen molar-refractivity contribution < 1.29 is 17.9 Å². The molecule has 7 heteroatoms. The molecule has 0 aliphatic carbocycles. The Morgan fingerprint density at radius 2 is 1.66 bits per heavy atom. The molecule has 1 aliphatic rings. The molecular weight excluding hydrogens is 415 g/mol. The SMILES string of the molecule is FC(F)(F)c1cccc(-c2ncccc2-c2ccc3nccc(N4CCOCC4)c3c2)c1. The van der Waals surface area contributed by atoms with Gasteiger partial charge in [-0.05, 0) is 42.0 Å². The maximum Gasteiger partial charge on any atom is 0.416 e. The van der Waals surface area contributed by atoms with Crippen LogP contribution in [0.2, 0.25) is 0 Å². The quantitative estimate of drug-likeness (QED) is 0.407. The average Bonchev–Trinajstić information content (AvgIpc) is 2.83. The minimum atomic E-state index is -4.41. The van der Waals surface area contributed by atoms with Crippen LogP contribution in [0.3, 0.4) is 0 Å². The number of ether oxygens (including phenoxy) is 1. The van der Waals surface area contributed by atoms with Gasteiger partial charge >= 0.3 is 6.18 Å². The van der Waals surface area contributed by atoms with Crippen LogP contribution >= 0.6 is 0 Å². The van der Waals surface area contributed by atoms with Crippen LogP contribution in [0, 0.1) is 0 Å². The van der Waals surface area contributed by atoms with E-state index >= 15 is 0 Å². The summed E-state index contributed by atoms with van der Waals surface area (Å²) in [6, 6.07) is 16.9. The first-order valence-electron chi connectivity index (χ1n) is 10.4. The van der Waals surface area contributed by atoms with E-state index in [1.54, 1.807) is 24.5 Å². The van der Waals surface area contributed by atoms with Crippen molar-refractivity contribution in [1.82, 2.24) is 9.97 Å². The largest absolute Gasteiger partial charge is 0.416 e. The summed E-state index contributed by atoms with van der Waals surface area (Å²) in [6.45, 7) is 2.94. The molecule has 0 atom stereocenters. The molecule has 0 unspecified atom stereocenters. The molecule has 0 amide bonds. The number of benzene rings is 2. The first-order chi connectivity index (χ1) is 15.5. The minimum absolute atomic E-state index is 0.426. The average molecular weight is 435 g/mol. The Bertz CT molecular complexity index is 1270. The Labute approximate surface area is 183 Å². The van der Waals surface area contributed by atoms with Crippen LogP contribution in [0.1, 0.15) is 5.56 Å². The molecule has 5 rings (SSSR count). The smallest absolute Gasteiger partial charge is 0.378 e. The Morgan fingerprint density at radius 1 is 0.812 bits per heavy atom. The van der Waals surface area contributed by atoms with E-state index in [2.05, 4.69) is 14.9 Å². The van der Waals surface area contributed by atoms with Crippen molar-refractivity contribution in [3.8, 4) is 22.4 Å². The van der Waals surface area contributed by atoms with Crippen molar-refractivity contribution in [2.24, 2.45) is 0 Å². The van der Waals surface area contributed by atoms with Gasteiger partial charge in [-0.3, -0.25) is 9.97 Å². The van der Waals surface area contributed by atoms with Gasteiger partial charge in [-0.15, -0.1) is 0 Å². The van der Waals surface area contributed by atoms with Gasteiger partial charge in [0, 0.05) is 47.7 Å². The molecule has 1 aliphatic heterocycles. The topological polar surface area (TPSA) is 38.2 Å². The number of pyridine rings is 2. The Morgan fingerprint density at radius 3 is 2.47 bits per heavy atom. The van der Waals surface area contributed by atoms with Crippen LogP contribution in [0.4, 0.5) is 18.9 Å². The van der Waals surface area contributed by atoms with Crippen molar-refractivity contribution in [3.05, 3.63) is 78.6 Å². The number of rotatable bonds is 3. The minimum Gasteiger partial charge on any atom is -0.378 e. The lowest BCUT2D eigenvalue weighted by Gasteiger charge is -2.29. The molecule has 32 heavy (non-hydrogen) atoms. The molecule has 1 fully saturated rings. The predicted octanol–water partition coefficient (Wildman–Crippen LogP) is 5.82. The molecule has 0 saturated carbocycles. The highest BCUT2D eigenvalue weighted by Gasteiger charge is 2.30. The van der Waals surface area contributed by atoms with Gasteiger partial charge in [-0.1, -0.05) is 24.3 Å². The van der Waals surface area contributed by atoms with Crippen LogP contribution < -0.4 is 4.90 Å². The van der Waals surface area contributed by atoms with Gasteiger partial charge in [0.1, 0.15) is 0 Å². The predicted molar refractivity (Wildman–Crippen MR) is 118 cm³/mol. The fourth-order valence-electron chi connectivity index (χ4n) is 4.09. The molecule has 1 saturated heterocycles. The highest BCUT2D eigenvalue weighted by atomic mass is 19.4. The lowest BCUT2D eigenvalue weighted by Crippen LogP contribution is -2.36. The fourth-order valence-corrected chi connectivity index (χ4v) is 4.09. The number of fused-ring (bicyclic) bond motifs is 1. The Balaban J connectivity index is 1.63. The first-order valence-corrected chi connectivity index (χ1v) is 10.4. The van der Waals surface area contributed by atoms with E-state index in [4.69, 9.17) is 4.74 Å². The third-order valence-electron chi connectivity index (χ3n) is 5.65. The molecule has 4 nitrogen and oxygen atoms in total. The van der Waals surface area contributed by atoms with E-state index < -0.39 is 11.7 Å². The second-order valence-corrected chi connectivity index (χ2v) is 7.64. The zero-order valence-corrected chi connectivity index (χ0v) is 17.1. The number of halogens is 3. The van der Waals surface area contributed by atoms with Crippen molar-refractivity contribution in [3.63, 3.8) is 0 Å². The van der Waals surface area contributed by atoms with Gasteiger partial charge in [-0.25, -0.2) is 0 Å². The van der Waals surface area contributed by atoms with Crippen molar-refractivity contribution in [2.75, 3.05) is 31.2 Å². The first kappa shape index (κ1) is 20.5. The van der Waals surface area contributed by atoms with Crippen LogP contribution in [0.5, 0.6) is 0 Å². The molecule has 4 aromatic rings. The maximum absolute atomic E-state index is 13.3. The third kappa shape index (κ3) is 3.91. The van der Waals surface area contributed by atoms with Gasteiger partial charge < -0.3 is 9.64 Å². The summed E-state index contributed by atoms with van der Waals surface area (Å²) in [5.41, 5.74) is 3.83. The Hall–Kier alpha value is -3.45. The van der Waals surface area contributed by atoms with Crippen LogP contribution in [0.15, 0.2) is 73.1 Å². The summed E-state index contributed by atoms with van der Waals surface area (Å²) < 4.78 is 45.3. The van der Waals surface area contributed by atoms with Gasteiger partial charge in [-0.2, -0.15) is 13.2 Å². The molecule has 2 aromatic heterocycles. The fraction of sp³-hybridized carbons (Fsp3) is 0.200. The number of nitrogens with zero attached hydrogens (tertiary/aromatic N) is 3. The van der Waals surface area contributed by atoms with E-state index in [9.17, 15) is 13.2 Å². The number of hydrogen-bond acceptors (Lipinski definition) is 4.